The van der Waals surface area contributed by atoms with Crippen LogP contribution in [0, 0.1) is 0 Å². The van der Waals surface area contributed by atoms with Crippen LogP contribution < -0.4 is 0 Å². The van der Waals surface area contributed by atoms with E-state index in [0.29, 0.717) is 0 Å². The molecule has 0 saturated carbocycles. The molecule has 25 heavy (non-hydrogen) atoms. The molecule has 0 saturated heterocycles. The van der Waals surface area contributed by atoms with E-state index >= 15 is 0 Å². The van der Waals surface area contributed by atoms with Crippen molar-refractivity contribution in [2.24, 2.45) is 0 Å². The first-order valence-corrected chi connectivity index (χ1v) is 5.15. The number of alkyl halides is 14. The maximum Gasteiger partial charge on any atom is 0.460 e. The molecule has 2 nitrogen and oxygen atoms in total. The Morgan fingerprint density at radius 2 is 0.880 bits per heavy atom. The highest BCUT2D eigenvalue weighted by Gasteiger charge is 2.77. The number of allylic oxidation sites excluding steroid dienone is 2. The zero-order valence-corrected chi connectivity index (χ0v) is 10.7. The van der Waals surface area contributed by atoms with Gasteiger partial charge in [0, 0.05) is 6.08 Å². The predicted octanol–water partition coefficient (Wildman–Crippen LogP) is 4.66. The molecule has 1 N–H and O–H groups in total. The standard InChI is InChI=1S/C9H2F14O2/c10-4(11,6(14,15)8(18,19)20)2(24)1-3(25)5(12,13)7(16,17)9(21,22)23/h1,24H/b2-1-. The Morgan fingerprint density at radius 1 is 0.600 bits per heavy atom. The van der Waals surface area contributed by atoms with Gasteiger partial charge in [0.2, 0.25) is 5.78 Å². The Balaban J connectivity index is 6.02. The lowest BCUT2D eigenvalue weighted by atomic mass is 10.0. The van der Waals surface area contributed by atoms with Gasteiger partial charge in [0.25, 0.3) is 0 Å². The number of hydrogen-bond donors (Lipinski definition) is 1. The average Bonchev–Trinajstić information content (AvgIpc) is 2.34. The number of carbonyl (C=O) groups is 1. The summed E-state index contributed by atoms with van der Waals surface area (Å²) in [5.74, 6) is -35.9. The summed E-state index contributed by atoms with van der Waals surface area (Å²) in [7, 11) is 0. The number of aliphatic hydroxyl groups is 1. The van der Waals surface area contributed by atoms with Crippen LogP contribution in [-0.4, -0.2) is 46.9 Å². The molecule has 0 radical (unpaired) electrons. The van der Waals surface area contributed by atoms with Crippen molar-refractivity contribution in [1.82, 2.24) is 0 Å². The van der Waals surface area contributed by atoms with Gasteiger partial charge < -0.3 is 5.11 Å². The summed E-state index contributed by atoms with van der Waals surface area (Å²) in [5.41, 5.74) is 0. The van der Waals surface area contributed by atoms with Gasteiger partial charge in [-0.2, -0.15) is 61.5 Å². The number of carbonyl (C=O) groups excluding carboxylic acids is 1. The van der Waals surface area contributed by atoms with Crippen molar-refractivity contribution >= 4 is 5.78 Å². The zero-order valence-electron chi connectivity index (χ0n) is 10.7. The third kappa shape index (κ3) is 3.61. The minimum Gasteiger partial charge on any atom is -0.506 e. The lowest BCUT2D eigenvalue weighted by molar-refractivity contribution is -0.349. The van der Waals surface area contributed by atoms with Crippen LogP contribution in [0.5, 0.6) is 0 Å². The molecule has 0 rings (SSSR count). The molecule has 0 spiro atoms. The van der Waals surface area contributed by atoms with Crippen molar-refractivity contribution in [3.8, 4) is 0 Å². The minimum absolute atomic E-state index is 1.97. The van der Waals surface area contributed by atoms with Crippen molar-refractivity contribution in [3.63, 3.8) is 0 Å². The first-order valence-electron chi connectivity index (χ1n) is 5.15. The van der Waals surface area contributed by atoms with Crippen LogP contribution in [-0.2, 0) is 4.79 Å². The van der Waals surface area contributed by atoms with E-state index in [4.69, 9.17) is 5.11 Å². The van der Waals surface area contributed by atoms with Gasteiger partial charge >= 0.3 is 36.0 Å². The summed E-state index contributed by atoms with van der Waals surface area (Å²) in [6.45, 7) is 0. The number of aliphatic hydroxyl groups excluding tert-OH is 1. The fraction of sp³-hybridized carbons (Fsp3) is 0.667. The van der Waals surface area contributed by atoms with E-state index in [1.807, 2.05) is 0 Å². The van der Waals surface area contributed by atoms with Crippen molar-refractivity contribution in [3.05, 3.63) is 11.8 Å². The molecule has 0 fully saturated rings. The van der Waals surface area contributed by atoms with Crippen molar-refractivity contribution in [2.75, 3.05) is 0 Å². The van der Waals surface area contributed by atoms with Crippen molar-refractivity contribution in [1.29, 1.82) is 0 Å². The summed E-state index contributed by atoms with van der Waals surface area (Å²) < 4.78 is 171. The molecule has 0 aromatic heterocycles. The molecule has 0 amide bonds. The molecule has 0 aliphatic carbocycles. The van der Waals surface area contributed by atoms with Gasteiger partial charge in [-0.05, 0) is 0 Å². The summed E-state index contributed by atoms with van der Waals surface area (Å²) in [6, 6.07) is 0. The fourth-order valence-electron chi connectivity index (χ4n) is 0.977. The molecular formula is C9H2F14O2. The molecule has 0 heterocycles. The van der Waals surface area contributed by atoms with Crippen LogP contribution in [0.25, 0.3) is 0 Å². The van der Waals surface area contributed by atoms with Crippen molar-refractivity contribution in [2.45, 2.75) is 36.0 Å². The first kappa shape index (κ1) is 23.2. The predicted molar refractivity (Wildman–Crippen MR) is 47.6 cm³/mol. The van der Waals surface area contributed by atoms with Crippen LogP contribution in [0.1, 0.15) is 0 Å². The second kappa shape index (κ2) is 5.89. The van der Waals surface area contributed by atoms with E-state index in [-0.39, 0.29) is 0 Å². The first-order chi connectivity index (χ1) is 10.5. The molecule has 0 atom stereocenters. The molecule has 0 bridgehead atoms. The van der Waals surface area contributed by atoms with Crippen LogP contribution in [0.15, 0.2) is 11.8 Å². The van der Waals surface area contributed by atoms with E-state index in [2.05, 4.69) is 0 Å². The van der Waals surface area contributed by atoms with Gasteiger partial charge in [-0.1, -0.05) is 0 Å². The van der Waals surface area contributed by atoms with Crippen LogP contribution in [0.4, 0.5) is 61.5 Å². The highest BCUT2D eigenvalue weighted by atomic mass is 19.4. The summed E-state index contributed by atoms with van der Waals surface area (Å²) >= 11 is 0. The smallest absolute Gasteiger partial charge is 0.460 e. The van der Waals surface area contributed by atoms with E-state index in [0.717, 1.165) is 0 Å². The number of hydrogen-bond acceptors (Lipinski definition) is 2. The molecule has 0 aromatic rings. The second-order valence-electron chi connectivity index (χ2n) is 4.19. The second-order valence-corrected chi connectivity index (χ2v) is 4.19. The van der Waals surface area contributed by atoms with E-state index in [9.17, 15) is 66.3 Å². The minimum atomic E-state index is -7.21. The Morgan fingerprint density at radius 3 is 1.16 bits per heavy atom. The van der Waals surface area contributed by atoms with Crippen LogP contribution in [0.3, 0.4) is 0 Å². The van der Waals surface area contributed by atoms with E-state index in [1.54, 1.807) is 0 Å². The van der Waals surface area contributed by atoms with Crippen molar-refractivity contribution < 1.29 is 71.4 Å². The van der Waals surface area contributed by atoms with Gasteiger partial charge in [0.1, 0.15) is 0 Å². The monoisotopic (exact) mass is 408 g/mol. The molecule has 148 valence electrons. The lowest BCUT2D eigenvalue weighted by Crippen LogP contribution is -2.56. The SMILES string of the molecule is O=C(/C=C(\O)C(F)(F)C(F)(F)C(F)(F)F)C(F)(F)C(F)(F)C(F)(F)F. The van der Waals surface area contributed by atoms with Gasteiger partial charge in [-0.25, -0.2) is 0 Å². The third-order valence-corrected chi connectivity index (χ3v) is 2.40. The largest absolute Gasteiger partial charge is 0.506 e. The van der Waals surface area contributed by atoms with Crippen LogP contribution >= 0.6 is 0 Å². The lowest BCUT2D eigenvalue weighted by Gasteiger charge is -2.28. The zero-order chi connectivity index (χ0) is 20.9. The Hall–Kier alpha value is -1.77. The maximum absolute atomic E-state index is 12.8. The number of halogens is 14. The van der Waals surface area contributed by atoms with E-state index in [1.165, 1.54) is 0 Å². The fourth-order valence-corrected chi connectivity index (χ4v) is 0.977. The Labute approximate surface area is 126 Å². The quantitative estimate of drug-likeness (QED) is 0.408. The van der Waals surface area contributed by atoms with E-state index < -0.39 is 53.7 Å². The Bertz CT molecular complexity index is 552. The highest BCUT2D eigenvalue weighted by Crippen LogP contribution is 2.50. The van der Waals surface area contributed by atoms with Gasteiger partial charge in [0.15, 0.2) is 5.76 Å². The molecule has 0 aromatic carbocycles. The summed E-state index contributed by atoms with van der Waals surface area (Å²) in [4.78, 5) is 10.6. The maximum atomic E-state index is 12.8. The highest BCUT2D eigenvalue weighted by molar-refractivity contribution is 5.97. The molecule has 0 aliphatic rings. The Kier molecular flexibility index (Phi) is 5.48. The third-order valence-electron chi connectivity index (χ3n) is 2.40. The van der Waals surface area contributed by atoms with Crippen LogP contribution in [0.2, 0.25) is 0 Å². The molecule has 0 unspecified atom stereocenters. The average molecular weight is 408 g/mol. The molecular weight excluding hydrogens is 406 g/mol. The summed E-state index contributed by atoms with van der Waals surface area (Å²) in [5, 5.41) is 8.33. The molecule has 0 aliphatic heterocycles. The topological polar surface area (TPSA) is 37.3 Å². The molecule has 16 heteroatoms. The van der Waals surface area contributed by atoms with Gasteiger partial charge in [0.05, 0.1) is 0 Å². The van der Waals surface area contributed by atoms with Gasteiger partial charge in [-0.15, -0.1) is 0 Å². The summed E-state index contributed by atoms with van der Waals surface area (Å²) in [6.07, 6.45) is -16.2. The number of rotatable bonds is 5. The number of ketones is 1. The normalized spacial score (nSPS) is 16.2. The van der Waals surface area contributed by atoms with Gasteiger partial charge in [-0.3, -0.25) is 4.79 Å².